The van der Waals surface area contributed by atoms with Gasteiger partial charge in [0.15, 0.2) is 0 Å². The Morgan fingerprint density at radius 2 is 1.90 bits per heavy atom. The van der Waals surface area contributed by atoms with Gasteiger partial charge in [-0.15, -0.1) is 0 Å². The Morgan fingerprint density at radius 3 is 2.52 bits per heavy atom. The zero-order valence-electron chi connectivity index (χ0n) is 18.9. The highest BCUT2D eigenvalue weighted by atomic mass is 16.3. The van der Waals surface area contributed by atoms with E-state index in [0.29, 0.717) is 12.1 Å². The van der Waals surface area contributed by atoms with Crippen LogP contribution in [0.4, 0.5) is 5.69 Å². The molecule has 1 aromatic carbocycles. The number of amides is 3. The molecule has 3 N–H and O–H groups in total. The largest absolute Gasteiger partial charge is 0.394 e. The van der Waals surface area contributed by atoms with Gasteiger partial charge < -0.3 is 20.6 Å². The van der Waals surface area contributed by atoms with E-state index in [1.807, 2.05) is 58.0 Å². The van der Waals surface area contributed by atoms with Crippen molar-refractivity contribution in [1.29, 1.82) is 0 Å². The average Bonchev–Trinajstić information content (AvgIpc) is 3.04. The minimum absolute atomic E-state index is 0.123. The molecule has 1 fully saturated rings. The lowest BCUT2D eigenvalue weighted by molar-refractivity contribution is -0.142. The fraction of sp³-hybridized carbons (Fsp3) is 0.542. The van der Waals surface area contributed by atoms with Crippen LogP contribution in [0, 0.1) is 37.5 Å². The quantitative estimate of drug-likeness (QED) is 0.605. The maximum absolute atomic E-state index is 13.6. The number of hydrogen-bond donors (Lipinski definition) is 3. The first kappa shape index (κ1) is 23.0. The van der Waals surface area contributed by atoms with Gasteiger partial charge in [-0.1, -0.05) is 38.1 Å². The molecular weight excluding hydrogens is 394 g/mol. The van der Waals surface area contributed by atoms with Gasteiger partial charge in [0.2, 0.25) is 17.7 Å². The van der Waals surface area contributed by atoms with Crippen molar-refractivity contribution >= 4 is 23.4 Å². The number of carbonyl (C=O) groups is 3. The van der Waals surface area contributed by atoms with Crippen LogP contribution < -0.4 is 10.6 Å². The summed E-state index contributed by atoms with van der Waals surface area (Å²) in [5.41, 5.74) is 2.65. The lowest BCUT2D eigenvalue weighted by Crippen LogP contribution is -2.50. The molecular formula is C24H33N3O4. The third kappa shape index (κ3) is 4.11. The summed E-state index contributed by atoms with van der Waals surface area (Å²) in [6, 6.07) is 4.55. The number of anilines is 1. The summed E-state index contributed by atoms with van der Waals surface area (Å²) in [4.78, 5) is 41.3. The fourth-order valence-electron chi connectivity index (χ4n) is 4.99. The molecule has 31 heavy (non-hydrogen) atoms. The van der Waals surface area contributed by atoms with Crippen molar-refractivity contribution in [1.82, 2.24) is 10.2 Å². The highest BCUT2D eigenvalue weighted by Crippen LogP contribution is 2.45. The van der Waals surface area contributed by atoms with E-state index in [2.05, 4.69) is 10.6 Å². The van der Waals surface area contributed by atoms with Gasteiger partial charge in [-0.3, -0.25) is 14.4 Å². The van der Waals surface area contributed by atoms with Crippen LogP contribution in [-0.2, 0) is 14.4 Å². The molecule has 7 nitrogen and oxygen atoms in total. The van der Waals surface area contributed by atoms with Gasteiger partial charge in [0, 0.05) is 18.7 Å². The molecule has 0 radical (unpaired) electrons. The third-order valence-corrected chi connectivity index (χ3v) is 6.75. The summed E-state index contributed by atoms with van der Waals surface area (Å²) in [5.74, 6) is -2.47. The molecule has 0 spiro atoms. The fourth-order valence-corrected chi connectivity index (χ4v) is 4.99. The first-order chi connectivity index (χ1) is 14.7. The van der Waals surface area contributed by atoms with Crippen LogP contribution in [-0.4, -0.2) is 53.5 Å². The van der Waals surface area contributed by atoms with Crippen molar-refractivity contribution in [3.05, 3.63) is 41.5 Å². The Hall–Kier alpha value is -2.67. The van der Waals surface area contributed by atoms with E-state index in [9.17, 15) is 19.5 Å². The van der Waals surface area contributed by atoms with E-state index in [4.69, 9.17) is 0 Å². The first-order valence-corrected chi connectivity index (χ1v) is 11.0. The van der Waals surface area contributed by atoms with Crippen molar-refractivity contribution in [2.24, 2.45) is 23.7 Å². The molecule has 1 aliphatic carbocycles. The summed E-state index contributed by atoms with van der Waals surface area (Å²) in [7, 11) is 1.56. The standard InChI is InChI=1S/C24H33N3O4/c1-6-16(12-28)27-21(23(30)26-18-11-13(2)7-8-14(18)3)17-10-9-15(4)19(22(29)25-5)20(17)24(27)31/h7-11,15-17,19-21,28H,6,12H2,1-5H3,(H,25,29)(H,26,30)/t15-,16+,17+,19-,20+,21+/m1/s1. The number of nitrogens with zero attached hydrogens (tertiary/aromatic N) is 1. The van der Waals surface area contributed by atoms with Gasteiger partial charge in [0.05, 0.1) is 24.5 Å². The van der Waals surface area contributed by atoms with Crippen LogP contribution in [0.5, 0.6) is 0 Å². The molecule has 6 atom stereocenters. The van der Waals surface area contributed by atoms with Gasteiger partial charge in [0.1, 0.15) is 6.04 Å². The second-order valence-electron chi connectivity index (χ2n) is 8.73. The zero-order valence-corrected chi connectivity index (χ0v) is 18.9. The number of fused-ring (bicyclic) bond motifs is 1. The van der Waals surface area contributed by atoms with Crippen LogP contribution in [0.3, 0.4) is 0 Å². The maximum Gasteiger partial charge on any atom is 0.247 e. The van der Waals surface area contributed by atoms with Gasteiger partial charge in [-0.05, 0) is 43.4 Å². The number of nitrogens with one attached hydrogen (secondary N) is 2. The number of likely N-dealkylation sites (tertiary alicyclic amines) is 1. The monoisotopic (exact) mass is 427 g/mol. The number of allylic oxidation sites excluding steroid dienone is 1. The molecule has 0 unspecified atom stereocenters. The van der Waals surface area contributed by atoms with Gasteiger partial charge >= 0.3 is 0 Å². The van der Waals surface area contributed by atoms with E-state index >= 15 is 0 Å². The van der Waals surface area contributed by atoms with Crippen LogP contribution in [0.15, 0.2) is 30.4 Å². The van der Waals surface area contributed by atoms with Crippen molar-refractivity contribution in [2.75, 3.05) is 19.0 Å². The van der Waals surface area contributed by atoms with Gasteiger partial charge in [0.25, 0.3) is 0 Å². The number of rotatable bonds is 6. The van der Waals surface area contributed by atoms with Crippen molar-refractivity contribution in [2.45, 2.75) is 46.2 Å². The molecule has 0 saturated carbocycles. The van der Waals surface area contributed by atoms with E-state index < -0.39 is 29.8 Å². The van der Waals surface area contributed by atoms with Crippen LogP contribution in [0.1, 0.15) is 31.4 Å². The minimum Gasteiger partial charge on any atom is -0.394 e. The summed E-state index contributed by atoms with van der Waals surface area (Å²) < 4.78 is 0. The minimum atomic E-state index is -0.787. The molecule has 7 heteroatoms. The van der Waals surface area contributed by atoms with Crippen LogP contribution in [0.25, 0.3) is 0 Å². The molecule has 0 bridgehead atoms. The molecule has 1 heterocycles. The van der Waals surface area contributed by atoms with Gasteiger partial charge in [-0.25, -0.2) is 0 Å². The Bertz CT molecular complexity index is 893. The summed E-state index contributed by atoms with van der Waals surface area (Å²) >= 11 is 0. The number of hydrogen-bond acceptors (Lipinski definition) is 4. The summed E-state index contributed by atoms with van der Waals surface area (Å²) in [5, 5.41) is 15.6. The molecule has 1 aromatic rings. The summed E-state index contributed by atoms with van der Waals surface area (Å²) in [6.07, 6.45) is 4.35. The average molecular weight is 428 g/mol. The Kier molecular flexibility index (Phi) is 6.84. The summed E-state index contributed by atoms with van der Waals surface area (Å²) in [6.45, 7) is 7.43. The van der Waals surface area contributed by atoms with Gasteiger partial charge in [-0.2, -0.15) is 0 Å². The molecule has 1 aliphatic heterocycles. The molecule has 1 saturated heterocycles. The first-order valence-electron chi connectivity index (χ1n) is 11.0. The Labute approximate surface area is 183 Å². The number of benzene rings is 1. The SMILES string of the molecule is CC[C@@H](CO)N1C(=O)[C@H]2[C@H](C=C[C@@H](C)[C@H]2C(=O)NC)[C@H]1C(=O)Nc1cc(C)ccc1C. The highest BCUT2D eigenvalue weighted by Gasteiger charge is 2.57. The molecule has 3 amide bonds. The maximum atomic E-state index is 13.6. The number of aliphatic hydroxyl groups is 1. The molecule has 3 rings (SSSR count). The van der Waals surface area contributed by atoms with Crippen molar-refractivity contribution in [3.63, 3.8) is 0 Å². The lowest BCUT2D eigenvalue weighted by atomic mass is 9.70. The lowest BCUT2D eigenvalue weighted by Gasteiger charge is -2.33. The van der Waals surface area contributed by atoms with E-state index in [-0.39, 0.29) is 30.2 Å². The van der Waals surface area contributed by atoms with Crippen molar-refractivity contribution in [3.8, 4) is 0 Å². The smallest absolute Gasteiger partial charge is 0.247 e. The second-order valence-corrected chi connectivity index (χ2v) is 8.73. The highest BCUT2D eigenvalue weighted by molar-refractivity contribution is 6.02. The number of aliphatic hydroxyl groups excluding tert-OH is 1. The second kappa shape index (κ2) is 9.22. The molecule has 2 aliphatic rings. The molecule has 168 valence electrons. The number of carbonyl (C=O) groups excluding carboxylic acids is 3. The topological polar surface area (TPSA) is 98.7 Å². The zero-order chi connectivity index (χ0) is 22.9. The van der Waals surface area contributed by atoms with E-state index in [0.717, 1.165) is 11.1 Å². The predicted molar refractivity (Wildman–Crippen MR) is 119 cm³/mol. The number of aryl methyl sites for hydroxylation is 2. The van der Waals surface area contributed by atoms with E-state index in [1.54, 1.807) is 7.05 Å². The molecule has 0 aromatic heterocycles. The van der Waals surface area contributed by atoms with E-state index in [1.165, 1.54) is 4.90 Å². The van der Waals surface area contributed by atoms with Crippen molar-refractivity contribution < 1.29 is 19.5 Å². The predicted octanol–water partition coefficient (Wildman–Crippen LogP) is 2.02. The van der Waals surface area contributed by atoms with Crippen LogP contribution in [0.2, 0.25) is 0 Å². The Morgan fingerprint density at radius 1 is 1.19 bits per heavy atom. The normalized spacial score (nSPS) is 28.3. The Balaban J connectivity index is 2.03. The van der Waals surface area contributed by atoms with Crippen LogP contribution >= 0.6 is 0 Å². The third-order valence-electron chi connectivity index (χ3n) is 6.75.